The lowest BCUT2D eigenvalue weighted by atomic mass is 9.81. The van der Waals surface area contributed by atoms with Crippen LogP contribution in [-0.4, -0.2) is 11.5 Å². The van der Waals surface area contributed by atoms with E-state index in [4.69, 9.17) is 4.98 Å². The highest BCUT2D eigenvalue weighted by Gasteiger charge is 2.23. The molecular formula is C15H26N2S. The predicted molar refractivity (Wildman–Crippen MR) is 79.2 cm³/mol. The maximum absolute atomic E-state index is 4.86. The minimum atomic E-state index is 0.395. The summed E-state index contributed by atoms with van der Waals surface area (Å²) in [5, 5.41) is 7.06. The summed E-state index contributed by atoms with van der Waals surface area (Å²) in [6.07, 6.45) is 6.85. The van der Waals surface area contributed by atoms with Crippen molar-refractivity contribution in [2.24, 2.45) is 5.92 Å². The topological polar surface area (TPSA) is 24.9 Å². The molecule has 1 aliphatic rings. The number of nitrogens with one attached hydrogen (secondary N) is 1. The summed E-state index contributed by atoms with van der Waals surface area (Å²) in [7, 11) is 0. The van der Waals surface area contributed by atoms with Crippen molar-refractivity contribution >= 4 is 11.3 Å². The van der Waals surface area contributed by atoms with E-state index in [-0.39, 0.29) is 0 Å². The maximum Gasteiger partial charge on any atom is 0.0959 e. The number of hydrogen-bond acceptors (Lipinski definition) is 3. The van der Waals surface area contributed by atoms with E-state index >= 15 is 0 Å². The SMILES string of the molecule is CCNC(C)c1csc(C2CCC(CC)CC2)n1. The molecule has 1 unspecified atom stereocenters. The average molecular weight is 266 g/mol. The van der Waals surface area contributed by atoms with Gasteiger partial charge in [0.05, 0.1) is 10.7 Å². The molecule has 18 heavy (non-hydrogen) atoms. The van der Waals surface area contributed by atoms with Gasteiger partial charge in [0, 0.05) is 17.3 Å². The summed E-state index contributed by atoms with van der Waals surface area (Å²) in [5.41, 5.74) is 1.23. The molecule has 1 fully saturated rings. The summed E-state index contributed by atoms with van der Waals surface area (Å²) >= 11 is 1.87. The molecule has 0 aliphatic heterocycles. The Labute approximate surface area is 115 Å². The molecule has 1 saturated carbocycles. The van der Waals surface area contributed by atoms with Crippen LogP contribution >= 0.6 is 11.3 Å². The summed E-state index contributed by atoms with van der Waals surface area (Å²) in [6, 6.07) is 0.395. The molecule has 2 rings (SSSR count). The highest BCUT2D eigenvalue weighted by atomic mass is 32.1. The van der Waals surface area contributed by atoms with Crippen molar-refractivity contribution in [3.63, 3.8) is 0 Å². The second-order valence-electron chi connectivity index (χ2n) is 5.52. The number of thiazole rings is 1. The lowest BCUT2D eigenvalue weighted by Gasteiger charge is -2.26. The molecule has 1 heterocycles. The van der Waals surface area contributed by atoms with Crippen LogP contribution in [0.2, 0.25) is 0 Å². The average Bonchev–Trinajstić information content (AvgIpc) is 2.89. The Kier molecular flexibility index (Phi) is 5.19. The minimum Gasteiger partial charge on any atom is -0.309 e. The summed E-state index contributed by atoms with van der Waals surface area (Å²) in [5.74, 6) is 1.71. The molecule has 0 spiro atoms. The zero-order valence-corrected chi connectivity index (χ0v) is 12.7. The van der Waals surface area contributed by atoms with Gasteiger partial charge in [-0.3, -0.25) is 0 Å². The molecule has 1 aromatic rings. The van der Waals surface area contributed by atoms with Crippen LogP contribution in [-0.2, 0) is 0 Å². The highest BCUT2D eigenvalue weighted by Crippen LogP contribution is 2.38. The van der Waals surface area contributed by atoms with Gasteiger partial charge in [-0.1, -0.05) is 20.3 Å². The fourth-order valence-electron chi connectivity index (χ4n) is 2.92. The first kappa shape index (κ1) is 14.0. The molecule has 0 bridgehead atoms. The maximum atomic E-state index is 4.86. The van der Waals surface area contributed by atoms with Crippen LogP contribution in [0.1, 0.15) is 75.5 Å². The number of aromatic nitrogens is 1. The van der Waals surface area contributed by atoms with E-state index in [1.54, 1.807) is 0 Å². The zero-order chi connectivity index (χ0) is 13.0. The Hall–Kier alpha value is -0.410. The monoisotopic (exact) mass is 266 g/mol. The van der Waals surface area contributed by atoms with Crippen molar-refractivity contribution in [3.05, 3.63) is 16.1 Å². The molecular weight excluding hydrogens is 240 g/mol. The molecule has 0 saturated heterocycles. The van der Waals surface area contributed by atoms with Crippen molar-refractivity contribution in [2.45, 2.75) is 64.8 Å². The molecule has 1 atom stereocenters. The Bertz CT molecular complexity index is 353. The molecule has 2 nitrogen and oxygen atoms in total. The van der Waals surface area contributed by atoms with Crippen molar-refractivity contribution < 1.29 is 0 Å². The Morgan fingerprint density at radius 3 is 2.67 bits per heavy atom. The van der Waals surface area contributed by atoms with Gasteiger partial charge in [-0.05, 0) is 45.1 Å². The van der Waals surface area contributed by atoms with Crippen LogP contribution in [0.15, 0.2) is 5.38 Å². The molecule has 0 radical (unpaired) electrons. The molecule has 0 aromatic carbocycles. The number of rotatable bonds is 5. The fraction of sp³-hybridized carbons (Fsp3) is 0.800. The third kappa shape index (κ3) is 3.33. The van der Waals surface area contributed by atoms with Gasteiger partial charge in [0.2, 0.25) is 0 Å². The molecule has 0 amide bonds. The van der Waals surface area contributed by atoms with Crippen LogP contribution in [0.25, 0.3) is 0 Å². The molecule has 1 N–H and O–H groups in total. The second-order valence-corrected chi connectivity index (χ2v) is 6.41. The molecule has 102 valence electrons. The standard InChI is InChI=1S/C15H26N2S/c1-4-12-6-8-13(9-7-12)15-17-14(10-18-15)11(3)16-5-2/h10-13,16H,4-9H2,1-3H3. The highest BCUT2D eigenvalue weighted by molar-refractivity contribution is 7.09. The summed E-state index contributed by atoms with van der Waals surface area (Å²) in [4.78, 5) is 4.86. The van der Waals surface area contributed by atoms with Gasteiger partial charge in [-0.15, -0.1) is 11.3 Å². The number of hydrogen-bond donors (Lipinski definition) is 1. The van der Waals surface area contributed by atoms with Crippen LogP contribution < -0.4 is 5.32 Å². The van der Waals surface area contributed by atoms with E-state index in [0.717, 1.165) is 18.4 Å². The van der Waals surface area contributed by atoms with Gasteiger partial charge in [-0.2, -0.15) is 0 Å². The first-order valence-corrected chi connectivity index (χ1v) is 8.31. The van der Waals surface area contributed by atoms with Gasteiger partial charge in [-0.25, -0.2) is 4.98 Å². The normalized spacial score (nSPS) is 26.2. The molecule has 1 aromatic heterocycles. The van der Waals surface area contributed by atoms with Crippen LogP contribution in [0, 0.1) is 5.92 Å². The Morgan fingerprint density at radius 2 is 2.06 bits per heavy atom. The van der Waals surface area contributed by atoms with E-state index in [1.165, 1.54) is 42.8 Å². The second kappa shape index (κ2) is 6.67. The summed E-state index contributed by atoms with van der Waals surface area (Å²) in [6.45, 7) is 7.69. The third-order valence-corrected chi connectivity index (χ3v) is 5.29. The number of nitrogens with zero attached hydrogens (tertiary/aromatic N) is 1. The predicted octanol–water partition coefficient (Wildman–Crippen LogP) is 4.50. The zero-order valence-electron chi connectivity index (χ0n) is 11.9. The van der Waals surface area contributed by atoms with E-state index in [1.807, 2.05) is 11.3 Å². The van der Waals surface area contributed by atoms with Crippen molar-refractivity contribution in [1.82, 2.24) is 10.3 Å². The lowest BCUT2D eigenvalue weighted by molar-refractivity contribution is 0.318. The third-order valence-electron chi connectivity index (χ3n) is 4.27. The van der Waals surface area contributed by atoms with Gasteiger partial charge < -0.3 is 5.32 Å². The van der Waals surface area contributed by atoms with Gasteiger partial charge >= 0.3 is 0 Å². The van der Waals surface area contributed by atoms with E-state index in [0.29, 0.717) is 6.04 Å². The van der Waals surface area contributed by atoms with Crippen molar-refractivity contribution in [1.29, 1.82) is 0 Å². The lowest BCUT2D eigenvalue weighted by Crippen LogP contribution is -2.18. The Morgan fingerprint density at radius 1 is 1.33 bits per heavy atom. The molecule has 3 heteroatoms. The first-order valence-electron chi connectivity index (χ1n) is 7.43. The fourth-order valence-corrected chi connectivity index (χ4v) is 4.00. The van der Waals surface area contributed by atoms with E-state index in [9.17, 15) is 0 Å². The largest absolute Gasteiger partial charge is 0.309 e. The summed E-state index contributed by atoms with van der Waals surface area (Å²) < 4.78 is 0. The quantitative estimate of drug-likeness (QED) is 0.849. The Balaban J connectivity index is 1.94. The first-order chi connectivity index (χ1) is 8.74. The van der Waals surface area contributed by atoms with Gasteiger partial charge in [0.1, 0.15) is 0 Å². The van der Waals surface area contributed by atoms with E-state index in [2.05, 4.69) is 31.5 Å². The molecule has 1 aliphatic carbocycles. The minimum absolute atomic E-state index is 0.395. The van der Waals surface area contributed by atoms with E-state index < -0.39 is 0 Å². The van der Waals surface area contributed by atoms with Gasteiger partial charge in [0.15, 0.2) is 0 Å². The van der Waals surface area contributed by atoms with Crippen LogP contribution in [0.5, 0.6) is 0 Å². The van der Waals surface area contributed by atoms with Crippen molar-refractivity contribution in [2.75, 3.05) is 6.54 Å². The van der Waals surface area contributed by atoms with Crippen LogP contribution in [0.4, 0.5) is 0 Å². The van der Waals surface area contributed by atoms with Crippen molar-refractivity contribution in [3.8, 4) is 0 Å². The van der Waals surface area contributed by atoms with Gasteiger partial charge in [0.25, 0.3) is 0 Å². The van der Waals surface area contributed by atoms with Crippen LogP contribution in [0.3, 0.4) is 0 Å². The smallest absolute Gasteiger partial charge is 0.0959 e.